The number of pyridine rings is 1. The van der Waals surface area contributed by atoms with E-state index in [0.717, 1.165) is 10.9 Å². The quantitative estimate of drug-likeness (QED) is 0.353. The number of aromatic amines is 1. The fourth-order valence-corrected chi connectivity index (χ4v) is 4.00. The molecule has 5 aromatic rings. The smallest absolute Gasteiger partial charge is 0.341 e. The van der Waals surface area contributed by atoms with Crippen LogP contribution >= 0.6 is 0 Å². The van der Waals surface area contributed by atoms with Gasteiger partial charge >= 0.3 is 6.18 Å². The first-order valence-electron chi connectivity index (χ1n) is 11.0. The Kier molecular flexibility index (Phi) is 5.50. The average molecular weight is 478 g/mol. The first-order valence-corrected chi connectivity index (χ1v) is 11.0. The molecule has 178 valence electrons. The monoisotopic (exact) mass is 478 g/mol. The Morgan fingerprint density at radius 3 is 2.51 bits per heavy atom. The molecule has 1 atom stereocenters. The molecule has 35 heavy (non-hydrogen) atoms. The molecule has 10 heteroatoms. The van der Waals surface area contributed by atoms with Crippen LogP contribution < -0.4 is 5.32 Å². The van der Waals surface area contributed by atoms with Gasteiger partial charge in [0.05, 0.1) is 28.8 Å². The number of rotatable bonds is 5. The normalized spacial score (nSPS) is 13.0. The maximum Gasteiger partial charge on any atom is 0.449 e. The van der Waals surface area contributed by atoms with Crippen molar-refractivity contribution in [2.75, 3.05) is 0 Å². The predicted octanol–water partition coefficient (Wildman–Crippen LogP) is 5.43. The van der Waals surface area contributed by atoms with E-state index >= 15 is 0 Å². The number of imidazole rings is 1. The Morgan fingerprint density at radius 2 is 1.80 bits per heavy atom. The number of aromatic nitrogens is 5. The minimum atomic E-state index is -4.58. The summed E-state index contributed by atoms with van der Waals surface area (Å²) >= 11 is 0. The van der Waals surface area contributed by atoms with E-state index in [1.54, 1.807) is 29.1 Å². The van der Waals surface area contributed by atoms with E-state index in [9.17, 15) is 18.0 Å². The largest absolute Gasteiger partial charge is 0.449 e. The first kappa shape index (κ1) is 22.6. The highest BCUT2D eigenvalue weighted by Gasteiger charge is 2.34. The van der Waals surface area contributed by atoms with Crippen LogP contribution in [0.4, 0.5) is 13.2 Å². The molecule has 3 heterocycles. The zero-order valence-electron chi connectivity index (χ0n) is 18.8. The maximum atomic E-state index is 13.2. The summed E-state index contributed by atoms with van der Waals surface area (Å²) in [4.78, 5) is 23.6. The molecule has 7 nitrogen and oxygen atoms in total. The van der Waals surface area contributed by atoms with Gasteiger partial charge in [-0.2, -0.15) is 18.3 Å². The van der Waals surface area contributed by atoms with Gasteiger partial charge in [0.15, 0.2) is 5.65 Å². The minimum absolute atomic E-state index is 0.123. The summed E-state index contributed by atoms with van der Waals surface area (Å²) in [5, 5.41) is 8.07. The van der Waals surface area contributed by atoms with Crippen LogP contribution in [0, 0.1) is 0 Å². The third kappa shape index (κ3) is 4.34. The van der Waals surface area contributed by atoms with E-state index in [4.69, 9.17) is 0 Å². The van der Waals surface area contributed by atoms with Gasteiger partial charge in [0, 0.05) is 17.6 Å². The van der Waals surface area contributed by atoms with Crippen molar-refractivity contribution in [3.8, 4) is 0 Å². The third-order valence-corrected chi connectivity index (χ3v) is 5.70. The molecular formula is C25H21F3N6O. The second kappa shape index (κ2) is 8.53. The number of nitrogens with zero attached hydrogens (tertiary/aromatic N) is 4. The Bertz CT molecular complexity index is 1520. The van der Waals surface area contributed by atoms with Crippen molar-refractivity contribution in [1.82, 2.24) is 30.0 Å². The minimum Gasteiger partial charge on any atom is -0.341 e. The van der Waals surface area contributed by atoms with Crippen LogP contribution in [0.5, 0.6) is 0 Å². The molecule has 0 radical (unpaired) electrons. The highest BCUT2D eigenvalue weighted by atomic mass is 19.4. The van der Waals surface area contributed by atoms with Crippen LogP contribution in [0.25, 0.3) is 22.1 Å². The predicted molar refractivity (Wildman–Crippen MR) is 125 cm³/mol. The Labute approximate surface area is 198 Å². The fourth-order valence-electron chi connectivity index (χ4n) is 4.00. The number of amides is 1. The summed E-state index contributed by atoms with van der Waals surface area (Å²) in [5.41, 5.74) is 2.84. The molecule has 0 aliphatic heterocycles. The summed E-state index contributed by atoms with van der Waals surface area (Å²) in [6.07, 6.45) is -1.42. The number of hydrogen-bond donors (Lipinski definition) is 2. The molecule has 1 unspecified atom stereocenters. The van der Waals surface area contributed by atoms with Gasteiger partial charge in [-0.25, -0.2) is 14.6 Å². The summed E-state index contributed by atoms with van der Waals surface area (Å²) in [5.74, 6) is -1.43. The van der Waals surface area contributed by atoms with E-state index in [1.165, 1.54) is 12.3 Å². The van der Waals surface area contributed by atoms with Crippen molar-refractivity contribution >= 4 is 28.0 Å². The number of nitrogens with one attached hydrogen (secondary N) is 2. The molecule has 5 rings (SSSR count). The molecule has 1 amide bonds. The number of alkyl halides is 3. The van der Waals surface area contributed by atoms with Gasteiger partial charge in [-0.15, -0.1) is 0 Å². The fraction of sp³-hybridized carbons (Fsp3) is 0.200. The van der Waals surface area contributed by atoms with Crippen LogP contribution in [-0.4, -0.2) is 30.6 Å². The lowest BCUT2D eigenvalue weighted by atomic mass is 9.98. The van der Waals surface area contributed by atoms with Gasteiger partial charge in [-0.05, 0) is 43.2 Å². The van der Waals surface area contributed by atoms with Gasteiger partial charge in [0.2, 0.25) is 5.82 Å². The van der Waals surface area contributed by atoms with Gasteiger partial charge < -0.3 is 10.3 Å². The van der Waals surface area contributed by atoms with Crippen LogP contribution in [0.2, 0.25) is 0 Å². The number of carbonyl (C=O) groups excluding carboxylic acids is 1. The van der Waals surface area contributed by atoms with Crippen LogP contribution in [0.1, 0.15) is 53.2 Å². The van der Waals surface area contributed by atoms with E-state index in [1.807, 2.05) is 44.2 Å². The van der Waals surface area contributed by atoms with Crippen LogP contribution in [0.3, 0.4) is 0 Å². The van der Waals surface area contributed by atoms with E-state index < -0.39 is 18.0 Å². The first-order chi connectivity index (χ1) is 16.7. The lowest BCUT2D eigenvalue weighted by molar-refractivity contribution is -0.144. The number of halogens is 3. The second-order valence-corrected chi connectivity index (χ2v) is 8.50. The van der Waals surface area contributed by atoms with Crippen molar-refractivity contribution < 1.29 is 18.0 Å². The molecule has 0 saturated heterocycles. The molecule has 0 aliphatic rings. The third-order valence-electron chi connectivity index (χ3n) is 5.70. The highest BCUT2D eigenvalue weighted by Crippen LogP contribution is 2.31. The van der Waals surface area contributed by atoms with Crippen molar-refractivity contribution in [1.29, 1.82) is 0 Å². The van der Waals surface area contributed by atoms with Crippen molar-refractivity contribution in [2.45, 2.75) is 32.1 Å². The SMILES string of the molecule is CC(C)n1ncc2cc(C(=O)NC(c3ccccc3)c3ccc4nc(C(F)(F)F)[nH]c4c3)cnc21. The lowest BCUT2D eigenvalue weighted by Gasteiger charge is -2.20. The van der Waals surface area contributed by atoms with Crippen LogP contribution in [-0.2, 0) is 6.18 Å². The number of benzene rings is 2. The maximum absolute atomic E-state index is 13.2. The Balaban J connectivity index is 1.51. The summed E-state index contributed by atoms with van der Waals surface area (Å²) in [6, 6.07) is 15.2. The number of hydrogen-bond acceptors (Lipinski definition) is 4. The number of carbonyl (C=O) groups is 1. The molecule has 0 fully saturated rings. The molecule has 0 spiro atoms. The summed E-state index contributed by atoms with van der Waals surface area (Å²) in [7, 11) is 0. The summed E-state index contributed by atoms with van der Waals surface area (Å²) in [6.45, 7) is 3.99. The molecule has 2 aromatic carbocycles. The van der Waals surface area contributed by atoms with Gasteiger partial charge in [0.1, 0.15) is 0 Å². The average Bonchev–Trinajstić information content (AvgIpc) is 3.46. The van der Waals surface area contributed by atoms with E-state index in [0.29, 0.717) is 16.8 Å². The molecule has 3 aromatic heterocycles. The van der Waals surface area contributed by atoms with Gasteiger partial charge in [-0.1, -0.05) is 36.4 Å². The van der Waals surface area contributed by atoms with Gasteiger partial charge in [0.25, 0.3) is 5.91 Å². The Morgan fingerprint density at radius 1 is 1.03 bits per heavy atom. The zero-order chi connectivity index (χ0) is 24.7. The lowest BCUT2D eigenvalue weighted by Crippen LogP contribution is -2.29. The highest BCUT2D eigenvalue weighted by molar-refractivity contribution is 5.97. The van der Waals surface area contributed by atoms with Gasteiger partial charge in [-0.3, -0.25) is 4.79 Å². The molecule has 0 bridgehead atoms. The number of fused-ring (bicyclic) bond motifs is 2. The van der Waals surface area contributed by atoms with Crippen molar-refractivity contribution in [3.63, 3.8) is 0 Å². The topological polar surface area (TPSA) is 88.5 Å². The molecule has 0 saturated carbocycles. The number of H-pyrrole nitrogens is 1. The van der Waals surface area contributed by atoms with Crippen molar-refractivity contribution in [3.05, 3.63) is 89.5 Å². The van der Waals surface area contributed by atoms with E-state index in [-0.39, 0.29) is 23.0 Å². The van der Waals surface area contributed by atoms with E-state index in [2.05, 4.69) is 25.4 Å². The molecule has 2 N–H and O–H groups in total. The molecule has 0 aliphatic carbocycles. The second-order valence-electron chi connectivity index (χ2n) is 8.50. The van der Waals surface area contributed by atoms with Crippen molar-refractivity contribution in [2.24, 2.45) is 0 Å². The standard InChI is InChI=1S/C25H21F3N6O/c1-14(2)34-22-17(13-30-34)10-18(12-29-22)23(35)33-21(15-6-4-3-5-7-15)16-8-9-19-20(11-16)32-24(31-19)25(26,27)28/h3-14,21H,1-2H3,(H,31,32)(H,33,35). The van der Waals surface area contributed by atoms with Crippen LogP contribution in [0.15, 0.2) is 67.0 Å². The summed E-state index contributed by atoms with van der Waals surface area (Å²) < 4.78 is 41.1. The molecular weight excluding hydrogens is 457 g/mol. The zero-order valence-corrected chi connectivity index (χ0v) is 18.8. The Hall–Kier alpha value is -4.21.